The molecule has 0 aliphatic carbocycles. The highest BCUT2D eigenvalue weighted by Crippen LogP contribution is 2.22. The average Bonchev–Trinajstić information content (AvgIpc) is 2.71. The molecule has 0 atom stereocenters. The van der Waals surface area contributed by atoms with Gasteiger partial charge < -0.3 is 10.2 Å². The van der Waals surface area contributed by atoms with Crippen LogP contribution in [0.15, 0.2) is 66.9 Å². The number of carboxylic acid groups (broad SMARTS) is 2. The van der Waals surface area contributed by atoms with Gasteiger partial charge in [-0.2, -0.15) is 0 Å². The minimum absolute atomic E-state index is 0.0688. The van der Waals surface area contributed by atoms with Crippen LogP contribution in [0.5, 0.6) is 0 Å². The summed E-state index contributed by atoms with van der Waals surface area (Å²) in [5.41, 5.74) is 2.84. The van der Waals surface area contributed by atoms with Crippen molar-refractivity contribution in [3.05, 3.63) is 100 Å². The van der Waals surface area contributed by atoms with E-state index in [1.165, 1.54) is 6.20 Å². The van der Waals surface area contributed by atoms with E-state index < -0.39 is 11.9 Å². The zero-order chi connectivity index (χ0) is 19.9. The van der Waals surface area contributed by atoms with Gasteiger partial charge in [-0.25, -0.2) is 14.6 Å². The van der Waals surface area contributed by atoms with Crippen LogP contribution in [0.4, 0.5) is 0 Å². The van der Waals surface area contributed by atoms with Crippen molar-refractivity contribution >= 4 is 11.9 Å². The highest BCUT2D eigenvalue weighted by molar-refractivity contribution is 5.96. The third kappa shape index (κ3) is 4.62. The van der Waals surface area contributed by atoms with Gasteiger partial charge >= 0.3 is 11.9 Å². The van der Waals surface area contributed by atoms with E-state index in [9.17, 15) is 19.8 Å². The fraction of sp³-hybridized carbons (Fsp3) is 0.174. The molecule has 5 nitrogen and oxygen atoms in total. The summed E-state index contributed by atoms with van der Waals surface area (Å²) in [4.78, 5) is 27.7. The minimum Gasteiger partial charge on any atom is -0.478 e. The molecule has 0 amide bonds. The molecule has 0 bridgehead atoms. The maximum atomic E-state index is 12.0. The van der Waals surface area contributed by atoms with E-state index >= 15 is 0 Å². The van der Waals surface area contributed by atoms with E-state index in [1.807, 2.05) is 60.7 Å². The van der Waals surface area contributed by atoms with Gasteiger partial charge in [-0.05, 0) is 42.4 Å². The van der Waals surface area contributed by atoms with Crippen molar-refractivity contribution in [1.82, 2.24) is 4.98 Å². The summed E-state index contributed by atoms with van der Waals surface area (Å²) in [5, 5.41) is 19.3. The van der Waals surface area contributed by atoms with Crippen molar-refractivity contribution in [3.63, 3.8) is 0 Å². The molecule has 0 saturated heterocycles. The van der Waals surface area contributed by atoms with Crippen LogP contribution in [0.25, 0.3) is 0 Å². The van der Waals surface area contributed by atoms with E-state index in [0.29, 0.717) is 31.2 Å². The summed E-state index contributed by atoms with van der Waals surface area (Å²) < 4.78 is 0. The lowest BCUT2D eigenvalue weighted by Crippen LogP contribution is -2.16. The van der Waals surface area contributed by atoms with Crippen LogP contribution >= 0.6 is 0 Å². The second-order valence-corrected chi connectivity index (χ2v) is 6.57. The van der Waals surface area contributed by atoms with E-state index in [-0.39, 0.29) is 16.8 Å². The Balaban J connectivity index is 1.94. The first-order valence-corrected chi connectivity index (χ1v) is 9.11. The number of benzene rings is 2. The quantitative estimate of drug-likeness (QED) is 0.620. The predicted molar refractivity (Wildman–Crippen MR) is 106 cm³/mol. The molecule has 0 aliphatic heterocycles. The number of aromatic carboxylic acids is 2. The van der Waals surface area contributed by atoms with Crippen molar-refractivity contribution < 1.29 is 19.8 Å². The lowest BCUT2D eigenvalue weighted by molar-refractivity contribution is 0.0688. The van der Waals surface area contributed by atoms with E-state index in [2.05, 4.69) is 4.98 Å². The first-order chi connectivity index (χ1) is 13.6. The molecule has 2 N–H and O–H groups in total. The SMILES string of the molecule is O=C(O)c1ncc(CCc2ccccc2)c(C(=O)O)c1CCc1ccccc1. The second kappa shape index (κ2) is 8.95. The Labute approximate surface area is 163 Å². The molecule has 1 heterocycles. The summed E-state index contributed by atoms with van der Waals surface area (Å²) >= 11 is 0. The molecule has 0 saturated carbocycles. The molecule has 1 aromatic heterocycles. The number of carbonyl (C=O) groups is 2. The van der Waals surface area contributed by atoms with Crippen LogP contribution in [0.2, 0.25) is 0 Å². The van der Waals surface area contributed by atoms with Crippen LogP contribution in [-0.4, -0.2) is 27.1 Å². The lowest BCUT2D eigenvalue weighted by Gasteiger charge is -2.14. The van der Waals surface area contributed by atoms with Crippen LogP contribution < -0.4 is 0 Å². The van der Waals surface area contributed by atoms with Crippen molar-refractivity contribution in [3.8, 4) is 0 Å². The van der Waals surface area contributed by atoms with Gasteiger partial charge in [0.05, 0.1) is 5.56 Å². The Hall–Kier alpha value is -3.47. The topological polar surface area (TPSA) is 87.5 Å². The van der Waals surface area contributed by atoms with Crippen LogP contribution in [0.1, 0.15) is 43.1 Å². The molecular formula is C23H21NO4. The largest absolute Gasteiger partial charge is 0.478 e. The molecule has 5 heteroatoms. The fourth-order valence-electron chi connectivity index (χ4n) is 3.32. The van der Waals surface area contributed by atoms with E-state index in [4.69, 9.17) is 0 Å². The van der Waals surface area contributed by atoms with Gasteiger partial charge in [0.15, 0.2) is 5.69 Å². The highest BCUT2D eigenvalue weighted by Gasteiger charge is 2.23. The first-order valence-electron chi connectivity index (χ1n) is 9.11. The molecule has 0 radical (unpaired) electrons. The molecule has 0 unspecified atom stereocenters. The number of rotatable bonds is 8. The summed E-state index contributed by atoms with van der Waals surface area (Å²) in [7, 11) is 0. The standard InChI is InChI=1S/C23H21NO4/c25-22(26)20-18(13-11-16-7-3-1-4-8-16)15-24-21(23(27)28)19(20)14-12-17-9-5-2-6-10-17/h1-10,15H,11-14H2,(H,25,26)(H,27,28). The highest BCUT2D eigenvalue weighted by atomic mass is 16.4. The molecule has 3 aromatic rings. The number of carboxylic acids is 2. The third-order valence-electron chi connectivity index (χ3n) is 4.71. The lowest BCUT2D eigenvalue weighted by atomic mass is 9.92. The first kappa shape index (κ1) is 19.3. The fourth-order valence-corrected chi connectivity index (χ4v) is 3.32. The number of hydrogen-bond acceptors (Lipinski definition) is 3. The molecular weight excluding hydrogens is 354 g/mol. The molecule has 3 rings (SSSR count). The molecule has 0 spiro atoms. The normalized spacial score (nSPS) is 10.6. The van der Waals surface area contributed by atoms with Gasteiger partial charge in [0, 0.05) is 11.8 Å². The molecule has 2 aromatic carbocycles. The van der Waals surface area contributed by atoms with Gasteiger partial charge in [0.1, 0.15) is 0 Å². The zero-order valence-electron chi connectivity index (χ0n) is 15.3. The zero-order valence-corrected chi connectivity index (χ0v) is 15.3. The number of aryl methyl sites for hydroxylation is 3. The third-order valence-corrected chi connectivity index (χ3v) is 4.71. The van der Waals surface area contributed by atoms with Crippen molar-refractivity contribution in [2.75, 3.05) is 0 Å². The Bertz CT molecular complexity index is 969. The van der Waals surface area contributed by atoms with Crippen molar-refractivity contribution in [2.24, 2.45) is 0 Å². The van der Waals surface area contributed by atoms with Crippen molar-refractivity contribution in [2.45, 2.75) is 25.7 Å². The smallest absolute Gasteiger partial charge is 0.354 e. The summed E-state index contributed by atoms with van der Waals surface area (Å²) in [6.45, 7) is 0. The molecule has 0 aliphatic rings. The number of nitrogens with zero attached hydrogens (tertiary/aromatic N) is 1. The van der Waals surface area contributed by atoms with Gasteiger partial charge in [-0.3, -0.25) is 0 Å². The Morgan fingerprint density at radius 2 is 1.25 bits per heavy atom. The average molecular weight is 375 g/mol. The Kier molecular flexibility index (Phi) is 6.17. The van der Waals surface area contributed by atoms with Gasteiger partial charge in [-0.15, -0.1) is 0 Å². The predicted octanol–water partition coefficient (Wildman–Crippen LogP) is 4.05. The van der Waals surface area contributed by atoms with Gasteiger partial charge in [0.25, 0.3) is 0 Å². The Morgan fingerprint density at radius 3 is 1.75 bits per heavy atom. The van der Waals surface area contributed by atoms with Crippen LogP contribution in [0.3, 0.4) is 0 Å². The second-order valence-electron chi connectivity index (χ2n) is 6.57. The maximum absolute atomic E-state index is 12.0. The maximum Gasteiger partial charge on any atom is 0.354 e. The monoisotopic (exact) mass is 375 g/mol. The number of pyridine rings is 1. The van der Waals surface area contributed by atoms with E-state index in [0.717, 1.165) is 11.1 Å². The summed E-state index contributed by atoms with van der Waals surface area (Å²) in [6, 6.07) is 19.3. The van der Waals surface area contributed by atoms with Crippen LogP contribution in [0, 0.1) is 0 Å². The minimum atomic E-state index is -1.21. The summed E-state index contributed by atoms with van der Waals surface area (Å²) in [5.74, 6) is -2.32. The van der Waals surface area contributed by atoms with Gasteiger partial charge in [-0.1, -0.05) is 60.7 Å². The number of aromatic nitrogens is 1. The molecule has 0 fully saturated rings. The molecule has 142 valence electrons. The molecule has 28 heavy (non-hydrogen) atoms. The van der Waals surface area contributed by atoms with Crippen LogP contribution in [-0.2, 0) is 25.7 Å². The van der Waals surface area contributed by atoms with Crippen molar-refractivity contribution in [1.29, 1.82) is 0 Å². The van der Waals surface area contributed by atoms with Gasteiger partial charge in [0.2, 0.25) is 0 Å². The number of hydrogen-bond donors (Lipinski definition) is 2. The van der Waals surface area contributed by atoms with E-state index in [1.54, 1.807) is 0 Å². The summed E-state index contributed by atoms with van der Waals surface area (Å²) in [6.07, 6.45) is 3.39. The Morgan fingerprint density at radius 1 is 0.714 bits per heavy atom.